The fraction of sp³-hybridized carbons (Fsp3) is 0.176. The smallest absolute Gasteiger partial charge is 0.116 e. The van der Waals surface area contributed by atoms with Crippen molar-refractivity contribution in [3.8, 4) is 12.3 Å². The SMILES string of the molecule is C#C[C@@H](c1ccccc1)N(CC)c1ccccc1. The Labute approximate surface area is 109 Å². The molecule has 0 aromatic heterocycles. The molecule has 0 fully saturated rings. The van der Waals surface area contributed by atoms with Crippen LogP contribution >= 0.6 is 0 Å². The largest absolute Gasteiger partial charge is 0.354 e. The van der Waals surface area contributed by atoms with E-state index >= 15 is 0 Å². The molecule has 0 aliphatic rings. The summed E-state index contributed by atoms with van der Waals surface area (Å²) >= 11 is 0. The van der Waals surface area contributed by atoms with Gasteiger partial charge in [-0.2, -0.15) is 0 Å². The van der Waals surface area contributed by atoms with E-state index in [0.717, 1.165) is 17.8 Å². The van der Waals surface area contributed by atoms with Crippen molar-refractivity contribution in [2.24, 2.45) is 0 Å². The van der Waals surface area contributed by atoms with E-state index in [1.54, 1.807) is 0 Å². The van der Waals surface area contributed by atoms with Crippen LogP contribution in [0.5, 0.6) is 0 Å². The minimum Gasteiger partial charge on any atom is -0.354 e. The average Bonchev–Trinajstić information content (AvgIpc) is 2.46. The van der Waals surface area contributed by atoms with Gasteiger partial charge in [-0.1, -0.05) is 54.5 Å². The molecule has 0 spiro atoms. The van der Waals surface area contributed by atoms with Crippen molar-refractivity contribution < 1.29 is 0 Å². The first kappa shape index (κ1) is 12.3. The van der Waals surface area contributed by atoms with Crippen LogP contribution in [0.1, 0.15) is 18.5 Å². The second kappa shape index (κ2) is 5.93. The van der Waals surface area contributed by atoms with Gasteiger partial charge in [0.05, 0.1) is 0 Å². The molecule has 0 saturated carbocycles. The Kier molecular flexibility index (Phi) is 4.04. The summed E-state index contributed by atoms with van der Waals surface area (Å²) in [6.07, 6.45) is 5.73. The maximum absolute atomic E-state index is 5.73. The lowest BCUT2D eigenvalue weighted by atomic mass is 10.1. The van der Waals surface area contributed by atoms with Crippen LogP contribution in [0.4, 0.5) is 5.69 Å². The van der Waals surface area contributed by atoms with Gasteiger partial charge in [0.15, 0.2) is 0 Å². The van der Waals surface area contributed by atoms with Crippen LogP contribution in [0.2, 0.25) is 0 Å². The molecule has 1 nitrogen and oxygen atoms in total. The van der Waals surface area contributed by atoms with E-state index < -0.39 is 0 Å². The average molecular weight is 235 g/mol. The molecule has 0 N–H and O–H groups in total. The number of anilines is 1. The molecule has 0 aliphatic carbocycles. The molecule has 1 heteroatoms. The van der Waals surface area contributed by atoms with Crippen LogP contribution in [0.25, 0.3) is 0 Å². The van der Waals surface area contributed by atoms with Gasteiger partial charge in [-0.05, 0) is 24.6 Å². The first-order valence-electron chi connectivity index (χ1n) is 6.19. The molecule has 2 aromatic rings. The number of rotatable bonds is 4. The summed E-state index contributed by atoms with van der Waals surface area (Å²) in [5.74, 6) is 2.89. The third-order valence-corrected chi connectivity index (χ3v) is 3.01. The van der Waals surface area contributed by atoms with Gasteiger partial charge in [-0.15, -0.1) is 6.42 Å². The number of nitrogens with zero attached hydrogens (tertiary/aromatic N) is 1. The summed E-state index contributed by atoms with van der Waals surface area (Å²) in [7, 11) is 0. The van der Waals surface area contributed by atoms with Gasteiger partial charge in [0.1, 0.15) is 6.04 Å². The summed E-state index contributed by atoms with van der Waals surface area (Å²) in [5, 5.41) is 0. The number of hydrogen-bond acceptors (Lipinski definition) is 1. The van der Waals surface area contributed by atoms with Crippen molar-refractivity contribution in [3.05, 3.63) is 66.2 Å². The van der Waals surface area contributed by atoms with Crippen LogP contribution in [0, 0.1) is 12.3 Å². The standard InChI is InChI=1S/C17H17N/c1-3-17(15-11-7-5-8-12-15)18(4-2)16-13-9-6-10-14-16/h1,5-14,17H,4H2,2H3/t17-/m0/s1. The lowest BCUT2D eigenvalue weighted by molar-refractivity contribution is 0.766. The third-order valence-electron chi connectivity index (χ3n) is 3.01. The van der Waals surface area contributed by atoms with E-state index in [1.807, 2.05) is 36.4 Å². The van der Waals surface area contributed by atoms with Crippen molar-refractivity contribution in [3.63, 3.8) is 0 Å². The van der Waals surface area contributed by atoms with E-state index in [1.165, 1.54) is 0 Å². The van der Waals surface area contributed by atoms with Gasteiger partial charge >= 0.3 is 0 Å². The highest BCUT2D eigenvalue weighted by atomic mass is 15.2. The molecule has 1 atom stereocenters. The van der Waals surface area contributed by atoms with Gasteiger partial charge in [-0.3, -0.25) is 0 Å². The molecule has 90 valence electrons. The number of para-hydroxylation sites is 1. The van der Waals surface area contributed by atoms with Crippen molar-refractivity contribution in [1.29, 1.82) is 0 Å². The second-order valence-electron chi connectivity index (χ2n) is 4.10. The molecule has 2 rings (SSSR count). The Morgan fingerprint density at radius 3 is 2.06 bits per heavy atom. The fourth-order valence-corrected chi connectivity index (χ4v) is 2.14. The molecule has 0 unspecified atom stereocenters. The molecule has 0 radical (unpaired) electrons. The zero-order valence-corrected chi connectivity index (χ0v) is 10.6. The van der Waals surface area contributed by atoms with Crippen LogP contribution in [-0.2, 0) is 0 Å². The van der Waals surface area contributed by atoms with E-state index in [2.05, 4.69) is 42.0 Å². The topological polar surface area (TPSA) is 3.24 Å². The summed E-state index contributed by atoms with van der Waals surface area (Å²) < 4.78 is 0. The highest BCUT2D eigenvalue weighted by Gasteiger charge is 2.16. The van der Waals surface area contributed by atoms with Gasteiger partial charge in [0, 0.05) is 12.2 Å². The van der Waals surface area contributed by atoms with E-state index in [9.17, 15) is 0 Å². The van der Waals surface area contributed by atoms with Gasteiger partial charge in [-0.25, -0.2) is 0 Å². The summed E-state index contributed by atoms with van der Waals surface area (Å²) in [6.45, 7) is 3.01. The van der Waals surface area contributed by atoms with E-state index in [-0.39, 0.29) is 6.04 Å². The quantitative estimate of drug-likeness (QED) is 0.727. The Morgan fingerprint density at radius 1 is 1.00 bits per heavy atom. The second-order valence-corrected chi connectivity index (χ2v) is 4.10. The molecule has 0 saturated heterocycles. The summed E-state index contributed by atoms with van der Waals surface area (Å²) in [5.41, 5.74) is 2.32. The van der Waals surface area contributed by atoms with Crippen LogP contribution < -0.4 is 4.90 Å². The highest BCUT2D eigenvalue weighted by Crippen LogP contribution is 2.25. The lowest BCUT2D eigenvalue weighted by Crippen LogP contribution is -2.27. The maximum atomic E-state index is 5.73. The van der Waals surface area contributed by atoms with E-state index in [4.69, 9.17) is 6.42 Å². The van der Waals surface area contributed by atoms with Crippen molar-refractivity contribution in [2.45, 2.75) is 13.0 Å². The Hall–Kier alpha value is -2.20. The first-order valence-corrected chi connectivity index (χ1v) is 6.19. The molecule has 0 heterocycles. The summed E-state index contributed by atoms with van der Waals surface area (Å²) in [6, 6.07) is 20.5. The zero-order valence-electron chi connectivity index (χ0n) is 10.6. The third kappa shape index (κ3) is 2.55. The van der Waals surface area contributed by atoms with Crippen LogP contribution in [-0.4, -0.2) is 6.54 Å². The Bertz CT molecular complexity index is 510. The molecule has 0 aliphatic heterocycles. The summed E-state index contributed by atoms with van der Waals surface area (Å²) in [4.78, 5) is 2.23. The van der Waals surface area contributed by atoms with Crippen molar-refractivity contribution in [2.75, 3.05) is 11.4 Å². The predicted octanol–water partition coefficient (Wildman–Crippen LogP) is 3.89. The normalized spacial score (nSPS) is 11.6. The van der Waals surface area contributed by atoms with Gasteiger partial charge < -0.3 is 4.90 Å². The number of terminal acetylenes is 1. The fourth-order valence-electron chi connectivity index (χ4n) is 2.14. The van der Waals surface area contributed by atoms with Crippen LogP contribution in [0.3, 0.4) is 0 Å². The minimum atomic E-state index is -0.0152. The van der Waals surface area contributed by atoms with E-state index in [0.29, 0.717) is 0 Å². The van der Waals surface area contributed by atoms with Gasteiger partial charge in [0.2, 0.25) is 0 Å². The molecular weight excluding hydrogens is 218 g/mol. The minimum absolute atomic E-state index is 0.0152. The zero-order chi connectivity index (χ0) is 12.8. The Morgan fingerprint density at radius 2 is 1.56 bits per heavy atom. The van der Waals surface area contributed by atoms with Crippen molar-refractivity contribution >= 4 is 5.69 Å². The molecular formula is C17H17N. The molecule has 0 bridgehead atoms. The predicted molar refractivity (Wildman–Crippen MR) is 77.5 cm³/mol. The lowest BCUT2D eigenvalue weighted by Gasteiger charge is -2.29. The number of benzene rings is 2. The maximum Gasteiger partial charge on any atom is 0.116 e. The monoisotopic (exact) mass is 235 g/mol. The van der Waals surface area contributed by atoms with Gasteiger partial charge in [0.25, 0.3) is 0 Å². The highest BCUT2D eigenvalue weighted by molar-refractivity contribution is 5.51. The van der Waals surface area contributed by atoms with Crippen molar-refractivity contribution in [1.82, 2.24) is 0 Å². The number of hydrogen-bond donors (Lipinski definition) is 0. The molecule has 18 heavy (non-hydrogen) atoms. The Balaban J connectivity index is 2.35. The first-order chi connectivity index (χ1) is 8.86. The van der Waals surface area contributed by atoms with Crippen LogP contribution in [0.15, 0.2) is 60.7 Å². The molecule has 2 aromatic carbocycles. The molecule has 0 amide bonds.